The van der Waals surface area contributed by atoms with E-state index in [-0.39, 0.29) is 5.41 Å². The quantitative estimate of drug-likeness (QED) is 0.157. The van der Waals surface area contributed by atoms with E-state index in [0.717, 1.165) is 28.4 Å². The molecule has 0 aromatic heterocycles. The standard InChI is InChI=1S/C48H42N2.C11H10.C6H6/c1-33-16-12-13-21-40(33)43-30-35(25-24-34(43)2)44-31-38(27-29-47(44)49(5)36-17-8-6-9-18-36)50(37-19-10-7-11-20-37)39-26-28-42-41-22-14-15-23-45(41)48(3,4)46(42)32-39;1-9-5-4-7-10-6-2-3-8-11(9)10;1-2-4-6-5-3-1/h6-32H,1-5H3;2-8H,1H3;1-6H. The van der Waals surface area contributed by atoms with Crippen molar-refractivity contribution in [1.82, 2.24) is 0 Å². The van der Waals surface area contributed by atoms with Gasteiger partial charge in [0.2, 0.25) is 0 Å². The first kappa shape index (κ1) is 44.3. The number of anilines is 5. The summed E-state index contributed by atoms with van der Waals surface area (Å²) in [5.41, 5.74) is 19.8. The van der Waals surface area contributed by atoms with E-state index in [1.807, 2.05) is 36.4 Å². The highest BCUT2D eigenvalue weighted by Crippen LogP contribution is 2.51. The van der Waals surface area contributed by atoms with Crippen molar-refractivity contribution >= 4 is 39.2 Å². The van der Waals surface area contributed by atoms with Crippen molar-refractivity contribution in [3.05, 3.63) is 270 Å². The van der Waals surface area contributed by atoms with Crippen LogP contribution >= 0.6 is 0 Å². The molecule has 0 radical (unpaired) electrons. The van der Waals surface area contributed by atoms with Crippen LogP contribution in [0.5, 0.6) is 0 Å². The van der Waals surface area contributed by atoms with Crippen molar-refractivity contribution in [3.63, 3.8) is 0 Å². The van der Waals surface area contributed by atoms with Crippen LogP contribution < -0.4 is 9.80 Å². The van der Waals surface area contributed by atoms with Gasteiger partial charge in [0.05, 0.1) is 0 Å². The third-order valence-corrected chi connectivity index (χ3v) is 13.2. The molecule has 0 fully saturated rings. The van der Waals surface area contributed by atoms with Gasteiger partial charge in [-0.1, -0.05) is 196 Å². The minimum absolute atomic E-state index is 0.0917. The number of hydrogen-bond donors (Lipinski definition) is 0. The summed E-state index contributed by atoms with van der Waals surface area (Å²) >= 11 is 0. The van der Waals surface area contributed by atoms with Gasteiger partial charge in [-0.2, -0.15) is 0 Å². The Morgan fingerprint density at radius 1 is 0.328 bits per heavy atom. The fourth-order valence-electron chi connectivity index (χ4n) is 9.56. The van der Waals surface area contributed by atoms with Crippen LogP contribution in [0.15, 0.2) is 243 Å². The summed E-state index contributed by atoms with van der Waals surface area (Å²) in [7, 11) is 2.17. The molecule has 0 N–H and O–H groups in total. The Bertz CT molecular complexity index is 3230. The van der Waals surface area contributed by atoms with Crippen molar-refractivity contribution in [3.8, 4) is 33.4 Å². The van der Waals surface area contributed by atoms with Gasteiger partial charge in [-0.3, -0.25) is 0 Å². The Kier molecular flexibility index (Phi) is 13.0. The van der Waals surface area contributed by atoms with Crippen LogP contribution in [-0.2, 0) is 5.41 Å². The Labute approximate surface area is 398 Å². The SMILES string of the molecule is Cc1cccc2ccccc12.Cc1ccccc1-c1cc(-c2cc(N(c3ccccc3)c3ccc4c(c3)C(C)(C)c3ccccc3-4)ccc2N(C)c2ccccc2)ccc1C.c1ccccc1. The molecule has 0 aliphatic heterocycles. The zero-order chi connectivity index (χ0) is 46.3. The summed E-state index contributed by atoms with van der Waals surface area (Å²) in [4.78, 5) is 4.71. The molecule has 0 saturated carbocycles. The Hall–Kier alpha value is -7.94. The van der Waals surface area contributed by atoms with Gasteiger partial charge in [-0.25, -0.2) is 0 Å². The number of benzene rings is 10. The zero-order valence-corrected chi connectivity index (χ0v) is 39.5. The molecule has 2 nitrogen and oxygen atoms in total. The summed E-state index contributed by atoms with van der Waals surface area (Å²) in [6.45, 7) is 11.3. The predicted molar refractivity (Wildman–Crippen MR) is 289 cm³/mol. The van der Waals surface area contributed by atoms with E-state index < -0.39 is 0 Å². The normalized spacial score (nSPS) is 11.9. The number of para-hydroxylation sites is 2. The third kappa shape index (κ3) is 9.30. The van der Waals surface area contributed by atoms with Gasteiger partial charge in [0.15, 0.2) is 0 Å². The molecular formula is C65H58N2. The maximum Gasteiger partial charge on any atom is 0.0489 e. The fourth-order valence-corrected chi connectivity index (χ4v) is 9.56. The molecule has 0 saturated heterocycles. The first-order chi connectivity index (χ1) is 32.7. The van der Waals surface area contributed by atoms with Crippen LogP contribution in [0.2, 0.25) is 0 Å². The third-order valence-electron chi connectivity index (χ3n) is 13.2. The molecule has 0 atom stereocenters. The molecule has 0 heterocycles. The van der Waals surface area contributed by atoms with Gasteiger partial charge in [0.25, 0.3) is 0 Å². The summed E-state index contributed by atoms with van der Waals surface area (Å²) in [5.74, 6) is 0. The molecule has 10 aromatic carbocycles. The van der Waals surface area contributed by atoms with Crippen LogP contribution in [0.25, 0.3) is 44.2 Å². The minimum atomic E-state index is -0.0917. The average Bonchev–Trinajstić information content (AvgIpc) is 3.61. The second-order valence-electron chi connectivity index (χ2n) is 18.0. The first-order valence-electron chi connectivity index (χ1n) is 23.3. The summed E-state index contributed by atoms with van der Waals surface area (Å²) < 4.78 is 0. The molecule has 1 aliphatic carbocycles. The van der Waals surface area contributed by atoms with Gasteiger partial charge >= 0.3 is 0 Å². The highest BCUT2D eigenvalue weighted by molar-refractivity contribution is 5.91. The van der Waals surface area contributed by atoms with E-state index in [9.17, 15) is 0 Å². The van der Waals surface area contributed by atoms with Crippen molar-refractivity contribution in [2.45, 2.75) is 40.0 Å². The highest BCUT2D eigenvalue weighted by Gasteiger charge is 2.35. The van der Waals surface area contributed by atoms with Crippen molar-refractivity contribution in [1.29, 1.82) is 0 Å². The van der Waals surface area contributed by atoms with Gasteiger partial charge in [-0.15, -0.1) is 0 Å². The highest BCUT2D eigenvalue weighted by atomic mass is 15.1. The van der Waals surface area contributed by atoms with E-state index in [1.54, 1.807) is 0 Å². The van der Waals surface area contributed by atoms with Gasteiger partial charge in [0.1, 0.15) is 0 Å². The van der Waals surface area contributed by atoms with E-state index in [2.05, 4.69) is 258 Å². The zero-order valence-electron chi connectivity index (χ0n) is 39.5. The van der Waals surface area contributed by atoms with Crippen molar-refractivity contribution < 1.29 is 0 Å². The number of aryl methyl sites for hydroxylation is 3. The van der Waals surface area contributed by atoms with Crippen LogP contribution in [0.3, 0.4) is 0 Å². The molecule has 1 aliphatic rings. The number of rotatable bonds is 7. The number of fused-ring (bicyclic) bond motifs is 4. The van der Waals surface area contributed by atoms with Gasteiger partial charge < -0.3 is 9.80 Å². The van der Waals surface area contributed by atoms with Crippen LogP contribution in [0.1, 0.15) is 41.7 Å². The van der Waals surface area contributed by atoms with E-state index >= 15 is 0 Å². The molecule has 0 unspecified atom stereocenters. The predicted octanol–water partition coefficient (Wildman–Crippen LogP) is 18.0. The second kappa shape index (κ2) is 19.7. The minimum Gasteiger partial charge on any atom is -0.344 e. The molecule has 0 spiro atoms. The Morgan fingerprint density at radius 3 is 1.55 bits per heavy atom. The summed E-state index contributed by atoms with van der Waals surface area (Å²) in [6.07, 6.45) is 0. The van der Waals surface area contributed by atoms with Gasteiger partial charge in [-0.05, 0) is 148 Å². The lowest BCUT2D eigenvalue weighted by Gasteiger charge is -2.30. The molecule has 67 heavy (non-hydrogen) atoms. The number of nitrogens with zero attached hydrogens (tertiary/aromatic N) is 2. The van der Waals surface area contributed by atoms with Crippen molar-refractivity contribution in [2.75, 3.05) is 16.8 Å². The lowest BCUT2D eigenvalue weighted by atomic mass is 9.82. The average molecular weight is 867 g/mol. The molecule has 2 heteroatoms. The van der Waals surface area contributed by atoms with Crippen LogP contribution in [0, 0.1) is 20.8 Å². The van der Waals surface area contributed by atoms with E-state index in [1.165, 1.54) is 72.0 Å². The Morgan fingerprint density at radius 2 is 0.851 bits per heavy atom. The number of hydrogen-bond acceptors (Lipinski definition) is 2. The van der Waals surface area contributed by atoms with E-state index in [0.29, 0.717) is 0 Å². The van der Waals surface area contributed by atoms with Crippen LogP contribution in [-0.4, -0.2) is 7.05 Å². The second-order valence-corrected chi connectivity index (χ2v) is 18.0. The van der Waals surface area contributed by atoms with Crippen LogP contribution in [0.4, 0.5) is 28.4 Å². The molecule has 0 bridgehead atoms. The maximum atomic E-state index is 2.41. The summed E-state index contributed by atoms with van der Waals surface area (Å²) in [6, 6.07) is 86.6. The largest absolute Gasteiger partial charge is 0.344 e. The summed E-state index contributed by atoms with van der Waals surface area (Å²) in [5, 5.41) is 2.68. The fraction of sp³-hybridized carbons (Fsp3) is 0.108. The monoisotopic (exact) mass is 866 g/mol. The molecule has 10 aromatic rings. The molecule has 328 valence electrons. The van der Waals surface area contributed by atoms with Gasteiger partial charge in [0, 0.05) is 46.5 Å². The smallest absolute Gasteiger partial charge is 0.0489 e. The van der Waals surface area contributed by atoms with Crippen molar-refractivity contribution in [2.24, 2.45) is 0 Å². The molecule has 0 amide bonds. The first-order valence-corrected chi connectivity index (χ1v) is 23.3. The maximum absolute atomic E-state index is 2.41. The van der Waals surface area contributed by atoms with E-state index in [4.69, 9.17) is 0 Å². The molecular weight excluding hydrogens is 809 g/mol. The lowest BCUT2D eigenvalue weighted by Crippen LogP contribution is -2.17. The topological polar surface area (TPSA) is 6.48 Å². The Balaban J connectivity index is 0.000000275. The lowest BCUT2D eigenvalue weighted by molar-refractivity contribution is 0.660. The molecule has 11 rings (SSSR count).